The lowest BCUT2D eigenvalue weighted by molar-refractivity contribution is 0.305. The molecule has 0 amide bonds. The zero-order chi connectivity index (χ0) is 33.8. The molecule has 0 fully saturated rings. The Balaban J connectivity index is 1.99. The van der Waals surface area contributed by atoms with E-state index in [1.165, 1.54) is 99.3 Å². The maximum absolute atomic E-state index is 6.32. The third-order valence-corrected chi connectivity index (χ3v) is 9.24. The molecule has 2 aromatic carbocycles. The third-order valence-electron chi connectivity index (χ3n) is 9.24. The van der Waals surface area contributed by atoms with Gasteiger partial charge in [-0.25, -0.2) is 0 Å². The van der Waals surface area contributed by atoms with Crippen molar-refractivity contribution in [2.45, 2.75) is 168 Å². The summed E-state index contributed by atoms with van der Waals surface area (Å²) in [5.74, 6) is 2.11. The molecule has 2 aromatic rings. The molecule has 0 aliphatic carbocycles. The van der Waals surface area contributed by atoms with Gasteiger partial charge in [-0.1, -0.05) is 128 Å². The van der Waals surface area contributed by atoms with Crippen molar-refractivity contribution in [2.24, 2.45) is 0 Å². The van der Waals surface area contributed by atoms with Crippen LogP contribution in [0.25, 0.3) is 0 Å². The van der Waals surface area contributed by atoms with E-state index in [1.54, 1.807) is 7.17 Å². The van der Waals surface area contributed by atoms with Crippen molar-refractivity contribution in [3.63, 3.8) is 0 Å². The van der Waals surface area contributed by atoms with Crippen LogP contribution in [0, 0.1) is 0 Å². The maximum atomic E-state index is 6.32. The van der Waals surface area contributed by atoms with E-state index in [1.807, 2.05) is 0 Å². The lowest BCUT2D eigenvalue weighted by Gasteiger charge is -2.15. The molecule has 7 heteroatoms. The van der Waals surface area contributed by atoms with Gasteiger partial charge in [0.25, 0.3) is 0 Å². The van der Waals surface area contributed by atoms with Crippen molar-refractivity contribution in [3.05, 3.63) is 58.7 Å². The summed E-state index contributed by atoms with van der Waals surface area (Å²) in [6.07, 6.45) is 28.5. The molecule has 0 atom stereocenters. The third kappa shape index (κ3) is 20.5. The molecule has 0 spiro atoms. The minimum Gasteiger partial charge on any atom is -0.493 e. The van der Waals surface area contributed by atoms with E-state index in [-0.39, 0.29) is 6.49 Å². The molecule has 0 aliphatic heterocycles. The fraction of sp³-hybridized carbons (Fsp3) is 0.700. The SMILES string of the molecule is [B][B]CCCCOc1ccc(CCCCCCCC)cc1CCCCc1cc(CCCCCCCC)ccc1OCCCCB([B])[B]. The van der Waals surface area contributed by atoms with Crippen LogP contribution in [-0.2, 0) is 25.7 Å². The first kappa shape index (κ1) is 41.5. The van der Waals surface area contributed by atoms with E-state index in [4.69, 9.17) is 32.7 Å². The molecule has 7 radical (unpaired) electrons. The monoisotopic (exact) mass is 632 g/mol. The van der Waals surface area contributed by atoms with Gasteiger partial charge in [0.05, 0.1) is 20.4 Å². The Morgan fingerprint density at radius 2 is 0.979 bits per heavy atom. The molecule has 0 saturated heterocycles. The Kier molecular flexibility index (Phi) is 24.9. The highest BCUT2D eigenvalue weighted by Crippen LogP contribution is 2.27. The molecule has 0 heterocycles. The van der Waals surface area contributed by atoms with Crippen LogP contribution in [0.4, 0.5) is 0 Å². The highest BCUT2D eigenvalue weighted by Gasteiger charge is 2.10. The normalized spacial score (nSPS) is 11.1. The molecular weight excluding hydrogens is 566 g/mol. The first-order valence-corrected chi connectivity index (χ1v) is 19.6. The van der Waals surface area contributed by atoms with Gasteiger partial charge in [0.1, 0.15) is 11.5 Å². The maximum Gasteiger partial charge on any atom is 0.122 e. The van der Waals surface area contributed by atoms with Crippen molar-refractivity contribution in [3.8, 4) is 11.5 Å². The fourth-order valence-electron chi connectivity index (χ4n) is 6.31. The first-order valence-electron chi connectivity index (χ1n) is 19.6. The van der Waals surface area contributed by atoms with Gasteiger partial charge >= 0.3 is 0 Å². The summed E-state index contributed by atoms with van der Waals surface area (Å²) in [5, 5.41) is 0. The van der Waals surface area contributed by atoms with Gasteiger partial charge in [0.2, 0.25) is 0 Å². The van der Waals surface area contributed by atoms with Gasteiger partial charge in [-0.05, 0) is 98.6 Å². The lowest BCUT2D eigenvalue weighted by atomic mass is 9.18. The molecule has 2 rings (SSSR count). The summed E-state index contributed by atoms with van der Waals surface area (Å²) in [5.41, 5.74) is 5.62. The number of hydrogen-bond acceptors (Lipinski definition) is 2. The van der Waals surface area contributed by atoms with E-state index < -0.39 is 0 Å². The zero-order valence-electron chi connectivity index (χ0n) is 30.6. The Hall–Kier alpha value is -1.64. The summed E-state index contributed by atoms with van der Waals surface area (Å²) >= 11 is 0. The van der Waals surface area contributed by atoms with E-state index in [2.05, 4.69) is 50.2 Å². The molecule has 0 bridgehead atoms. The molecule has 0 unspecified atom stereocenters. The van der Waals surface area contributed by atoms with Crippen molar-refractivity contribution in [1.82, 2.24) is 0 Å². The second-order valence-corrected chi connectivity index (χ2v) is 13.7. The van der Waals surface area contributed by atoms with Crippen LogP contribution in [-0.4, -0.2) is 50.1 Å². The highest BCUT2D eigenvalue weighted by molar-refractivity contribution is 7.29. The summed E-state index contributed by atoms with van der Waals surface area (Å²) in [6.45, 7) is 5.80. The number of unbranched alkanes of at least 4 members (excludes halogenated alkanes) is 13. The highest BCUT2D eigenvalue weighted by atomic mass is 16.5. The topological polar surface area (TPSA) is 18.5 Å². The average Bonchev–Trinajstić information content (AvgIpc) is 3.07. The number of ether oxygens (including phenoxy) is 2. The van der Waals surface area contributed by atoms with Gasteiger partial charge in [0, 0.05) is 29.7 Å². The molecule has 0 aliphatic rings. The smallest absolute Gasteiger partial charge is 0.122 e. The summed E-state index contributed by atoms with van der Waals surface area (Å²) in [4.78, 5) is 0. The Morgan fingerprint density at radius 1 is 0.532 bits per heavy atom. The fourth-order valence-corrected chi connectivity index (χ4v) is 6.31. The Bertz CT molecular complexity index is 1030. The van der Waals surface area contributed by atoms with Gasteiger partial charge in [-0.15, -0.1) is 0 Å². The van der Waals surface area contributed by atoms with Crippen molar-refractivity contribution < 1.29 is 9.47 Å². The predicted molar refractivity (Wildman–Crippen MR) is 212 cm³/mol. The van der Waals surface area contributed by atoms with Crippen LogP contribution in [0.3, 0.4) is 0 Å². The quantitative estimate of drug-likeness (QED) is 0.0610. The molecule has 0 saturated carbocycles. The summed E-state index contributed by atoms with van der Waals surface area (Å²) in [7, 11) is 18.8. The molecule has 251 valence electrons. The predicted octanol–water partition coefficient (Wildman–Crippen LogP) is 10.4. The van der Waals surface area contributed by atoms with E-state index in [0.717, 1.165) is 95.0 Å². The van der Waals surface area contributed by atoms with Crippen LogP contribution in [0.1, 0.15) is 152 Å². The van der Waals surface area contributed by atoms with E-state index in [0.29, 0.717) is 6.61 Å². The van der Waals surface area contributed by atoms with E-state index >= 15 is 0 Å². The minimum atomic E-state index is -0.233. The first-order chi connectivity index (χ1) is 23.1. The van der Waals surface area contributed by atoms with Crippen molar-refractivity contribution >= 4 is 36.9 Å². The zero-order valence-corrected chi connectivity index (χ0v) is 30.6. The number of hydrogen-bond donors (Lipinski definition) is 0. The van der Waals surface area contributed by atoms with Gasteiger partial charge < -0.3 is 9.47 Å². The molecule has 0 aromatic heterocycles. The molecule has 0 N–H and O–H groups in total. The standard InChI is InChI=1S/C40H64B5O2/c1-3-5-7-9-11-13-21-35-25-27-39(46-31-19-17-29-44-41)37(33-35)23-15-16-24-38-34-36(22-14-12-10-8-6-4-2)26-28-40(38)47-32-20-18-30-45(42)43/h25-28,33-34H,3-24,29-32H2,1-2H3. The van der Waals surface area contributed by atoms with Crippen molar-refractivity contribution in [1.29, 1.82) is 0 Å². The number of benzene rings is 2. The second-order valence-electron chi connectivity index (χ2n) is 13.7. The number of rotatable bonds is 31. The van der Waals surface area contributed by atoms with Crippen LogP contribution < -0.4 is 9.47 Å². The minimum absolute atomic E-state index is 0.233. The summed E-state index contributed by atoms with van der Waals surface area (Å²) < 4.78 is 12.6. The number of aryl methyl sites for hydroxylation is 4. The largest absolute Gasteiger partial charge is 0.493 e. The van der Waals surface area contributed by atoms with Crippen LogP contribution in [0.5, 0.6) is 11.5 Å². The Morgan fingerprint density at radius 3 is 1.45 bits per heavy atom. The average molecular weight is 631 g/mol. The van der Waals surface area contributed by atoms with E-state index in [9.17, 15) is 0 Å². The second kappa shape index (κ2) is 28.2. The summed E-state index contributed by atoms with van der Waals surface area (Å²) in [6, 6.07) is 13.9. The molecule has 2 nitrogen and oxygen atoms in total. The molecule has 47 heavy (non-hydrogen) atoms. The van der Waals surface area contributed by atoms with Gasteiger partial charge in [-0.3, -0.25) is 0 Å². The van der Waals surface area contributed by atoms with Gasteiger partial charge in [-0.2, -0.15) is 0 Å². The van der Waals surface area contributed by atoms with Crippen LogP contribution in [0.15, 0.2) is 36.4 Å². The molecular formula is C40H64B5O2. The van der Waals surface area contributed by atoms with Crippen LogP contribution >= 0.6 is 0 Å². The van der Waals surface area contributed by atoms with Gasteiger partial charge in [0.15, 0.2) is 0 Å². The lowest BCUT2D eigenvalue weighted by Crippen LogP contribution is -2.12. The van der Waals surface area contributed by atoms with Crippen LogP contribution in [0.2, 0.25) is 12.6 Å². The Labute approximate surface area is 296 Å². The van der Waals surface area contributed by atoms with Crippen molar-refractivity contribution in [2.75, 3.05) is 13.2 Å².